The van der Waals surface area contributed by atoms with Crippen LogP contribution in [0.5, 0.6) is 0 Å². The number of aromatic nitrogens is 1. The van der Waals surface area contributed by atoms with Crippen molar-refractivity contribution in [3.05, 3.63) is 340 Å². The largest absolute Gasteiger partial charge is 0.456 e. The first kappa shape index (κ1) is 52.1. The molecule has 0 aliphatic heterocycles. The Kier molecular flexibility index (Phi) is 12.2. The zero-order valence-corrected chi connectivity index (χ0v) is 49.6. The molecule has 0 N–H and O–H groups in total. The second kappa shape index (κ2) is 21.4. The summed E-state index contributed by atoms with van der Waals surface area (Å²) in [6.45, 7) is 0. The molecule has 0 unspecified atom stereocenters. The van der Waals surface area contributed by atoms with Crippen LogP contribution in [-0.2, 0) is 0 Å². The van der Waals surface area contributed by atoms with Crippen molar-refractivity contribution in [2.24, 2.45) is 0 Å². The third-order valence-corrected chi connectivity index (χ3v) is 18.8. The second-order valence-corrected chi connectivity index (χ2v) is 23.9. The van der Waals surface area contributed by atoms with E-state index in [1.54, 1.807) is 0 Å². The van der Waals surface area contributed by atoms with Gasteiger partial charge in [0.1, 0.15) is 11.2 Å². The molecule has 18 rings (SSSR count). The first-order chi connectivity index (χ1) is 45.1. The van der Waals surface area contributed by atoms with Crippen LogP contribution in [0.2, 0.25) is 0 Å². The van der Waals surface area contributed by atoms with E-state index in [2.05, 4.69) is 343 Å². The summed E-state index contributed by atoms with van der Waals surface area (Å²) in [5.74, 6) is 0. The molecule has 0 aliphatic rings. The van der Waals surface area contributed by atoms with Crippen LogP contribution in [-0.4, -0.2) is 4.57 Å². The van der Waals surface area contributed by atoms with Crippen molar-refractivity contribution in [2.75, 3.05) is 4.90 Å². The van der Waals surface area contributed by atoms with Gasteiger partial charge in [0.05, 0.1) is 16.7 Å². The molecule has 2 aromatic heterocycles. The van der Waals surface area contributed by atoms with Gasteiger partial charge in [-0.05, 0) is 189 Å². The Morgan fingerprint density at radius 1 is 0.220 bits per heavy atom. The van der Waals surface area contributed by atoms with E-state index >= 15 is 0 Å². The Morgan fingerprint density at radius 2 is 0.626 bits per heavy atom. The molecule has 2 heterocycles. The van der Waals surface area contributed by atoms with Crippen LogP contribution in [0.3, 0.4) is 0 Å². The van der Waals surface area contributed by atoms with E-state index in [0.717, 1.165) is 100 Å². The van der Waals surface area contributed by atoms with E-state index < -0.39 is 0 Å². The minimum Gasteiger partial charge on any atom is -0.456 e. The SMILES string of the molecule is c1cc(-c2ccc3cccc(-c4cccc5ccccc45)c3c2)cc(N(c2ccc(-c3c(-c4ccc5c(c4)oc4ccccc45)cccc3-n3c4ccccc4c4ccccc43)cc2)c2cccc(-c3ccc4cccc(-c5cccc6ccccc56)c4c3)c2)c1. The number of para-hydroxylation sites is 3. The molecule has 91 heavy (non-hydrogen) atoms. The van der Waals surface area contributed by atoms with E-state index in [1.807, 2.05) is 6.07 Å². The number of hydrogen-bond donors (Lipinski definition) is 0. The third kappa shape index (κ3) is 8.81. The Balaban J connectivity index is 0.811. The van der Waals surface area contributed by atoms with E-state index in [-0.39, 0.29) is 0 Å². The molecule has 0 amide bonds. The molecular formula is C88H56N2O. The smallest absolute Gasteiger partial charge is 0.136 e. The Labute approximate surface area is 526 Å². The highest BCUT2D eigenvalue weighted by Crippen LogP contribution is 2.46. The number of benzene rings is 16. The van der Waals surface area contributed by atoms with Gasteiger partial charge in [0, 0.05) is 44.2 Å². The molecule has 16 aromatic carbocycles. The molecule has 0 radical (unpaired) electrons. The van der Waals surface area contributed by atoms with Gasteiger partial charge >= 0.3 is 0 Å². The van der Waals surface area contributed by atoms with Crippen molar-refractivity contribution in [1.82, 2.24) is 4.57 Å². The maximum atomic E-state index is 6.58. The van der Waals surface area contributed by atoms with Gasteiger partial charge in [-0.3, -0.25) is 0 Å². The molecular weight excluding hydrogens is 1100 g/mol. The number of hydrogen-bond acceptors (Lipinski definition) is 2. The molecule has 0 aliphatic carbocycles. The predicted molar refractivity (Wildman–Crippen MR) is 385 cm³/mol. The van der Waals surface area contributed by atoms with Crippen LogP contribution < -0.4 is 4.90 Å². The van der Waals surface area contributed by atoms with Crippen molar-refractivity contribution in [3.8, 4) is 72.4 Å². The first-order valence-corrected chi connectivity index (χ1v) is 31.3. The first-order valence-electron chi connectivity index (χ1n) is 31.3. The van der Waals surface area contributed by atoms with Crippen molar-refractivity contribution in [2.45, 2.75) is 0 Å². The summed E-state index contributed by atoms with van der Waals surface area (Å²) in [6, 6.07) is 125. The van der Waals surface area contributed by atoms with Crippen LogP contribution in [0.15, 0.2) is 344 Å². The van der Waals surface area contributed by atoms with Gasteiger partial charge in [0.2, 0.25) is 0 Å². The summed E-state index contributed by atoms with van der Waals surface area (Å²) in [5, 5.41) is 14.5. The summed E-state index contributed by atoms with van der Waals surface area (Å²) in [7, 11) is 0. The van der Waals surface area contributed by atoms with Crippen molar-refractivity contribution in [1.29, 1.82) is 0 Å². The lowest BCUT2D eigenvalue weighted by Crippen LogP contribution is -2.10. The zero-order valence-electron chi connectivity index (χ0n) is 49.6. The second-order valence-electron chi connectivity index (χ2n) is 23.9. The molecule has 0 spiro atoms. The van der Waals surface area contributed by atoms with Gasteiger partial charge in [-0.15, -0.1) is 0 Å². The summed E-state index contributed by atoms with van der Waals surface area (Å²) >= 11 is 0. The number of fused-ring (bicyclic) bond motifs is 10. The quantitative estimate of drug-likeness (QED) is 0.136. The molecule has 0 atom stereocenters. The number of anilines is 3. The van der Waals surface area contributed by atoms with E-state index in [4.69, 9.17) is 4.42 Å². The average molecular weight is 1160 g/mol. The maximum absolute atomic E-state index is 6.58. The van der Waals surface area contributed by atoms with Crippen LogP contribution in [0.25, 0.3) is 159 Å². The highest BCUT2D eigenvalue weighted by molar-refractivity contribution is 6.12. The van der Waals surface area contributed by atoms with Gasteiger partial charge < -0.3 is 13.9 Å². The topological polar surface area (TPSA) is 21.3 Å². The highest BCUT2D eigenvalue weighted by Gasteiger charge is 2.22. The van der Waals surface area contributed by atoms with E-state index in [0.29, 0.717) is 0 Å². The number of nitrogens with zero attached hydrogens (tertiary/aromatic N) is 2. The maximum Gasteiger partial charge on any atom is 0.136 e. The molecule has 3 nitrogen and oxygen atoms in total. The van der Waals surface area contributed by atoms with Gasteiger partial charge in [0.25, 0.3) is 0 Å². The van der Waals surface area contributed by atoms with Crippen LogP contribution >= 0.6 is 0 Å². The van der Waals surface area contributed by atoms with Crippen molar-refractivity contribution in [3.63, 3.8) is 0 Å². The third-order valence-electron chi connectivity index (χ3n) is 18.8. The van der Waals surface area contributed by atoms with Crippen molar-refractivity contribution < 1.29 is 4.42 Å². The molecule has 18 aromatic rings. The summed E-state index contributed by atoms with van der Waals surface area (Å²) < 4.78 is 9.03. The molecule has 0 bridgehead atoms. The normalized spacial score (nSPS) is 11.7. The zero-order chi connectivity index (χ0) is 59.9. The van der Waals surface area contributed by atoms with E-state index in [9.17, 15) is 0 Å². The minimum absolute atomic E-state index is 0.866. The highest BCUT2D eigenvalue weighted by atomic mass is 16.3. The van der Waals surface area contributed by atoms with Gasteiger partial charge in [-0.25, -0.2) is 0 Å². The van der Waals surface area contributed by atoms with Gasteiger partial charge in [0.15, 0.2) is 0 Å². The molecule has 0 saturated carbocycles. The molecule has 0 saturated heterocycles. The predicted octanol–water partition coefficient (Wildman–Crippen LogP) is 24.8. The van der Waals surface area contributed by atoms with Gasteiger partial charge in [-0.1, -0.05) is 255 Å². The van der Waals surface area contributed by atoms with Crippen LogP contribution in [0.1, 0.15) is 0 Å². The Morgan fingerprint density at radius 3 is 1.20 bits per heavy atom. The fraction of sp³-hybridized carbons (Fsp3) is 0. The minimum atomic E-state index is 0.866. The lowest BCUT2D eigenvalue weighted by Gasteiger charge is -2.27. The summed E-state index contributed by atoms with van der Waals surface area (Å²) in [5.41, 5.74) is 22.2. The van der Waals surface area contributed by atoms with E-state index in [1.165, 1.54) is 76.1 Å². The number of furan rings is 1. The Hall–Kier alpha value is -12.0. The molecule has 424 valence electrons. The van der Waals surface area contributed by atoms with Crippen LogP contribution in [0, 0.1) is 0 Å². The fourth-order valence-corrected chi connectivity index (χ4v) is 14.5. The number of rotatable bonds is 10. The summed E-state index contributed by atoms with van der Waals surface area (Å²) in [6.07, 6.45) is 0. The fourth-order valence-electron chi connectivity index (χ4n) is 14.5. The lowest BCUT2D eigenvalue weighted by molar-refractivity contribution is 0.669. The summed E-state index contributed by atoms with van der Waals surface area (Å²) in [4.78, 5) is 2.43. The molecule has 0 fully saturated rings. The van der Waals surface area contributed by atoms with Gasteiger partial charge in [-0.2, -0.15) is 0 Å². The lowest BCUT2D eigenvalue weighted by atomic mass is 9.91. The Bertz CT molecular complexity index is 5650. The average Bonchev–Trinajstić information content (AvgIpc) is 1.72. The molecule has 3 heteroatoms. The standard InChI is InChI=1S/C88H56N2O/c1-3-28-70-57(18-1)20-13-34-73(70)75-36-15-22-59-42-44-64(54-81(59)75)62-24-11-26-68(52-62)89(69-27-12-25-63(53-69)65-45-43-60-23-16-37-76(82(60)55-65)74-35-14-21-58-19-2-4-29-71(58)74)67-49-46-61(47-50-67)88-72(66-48-51-80-79-32-7-10-41-86(79)91-87(80)56-66)33-17-40-85(88)90-83-38-8-5-30-77(83)78-31-6-9-39-84(78)90/h1-56H. The van der Waals surface area contributed by atoms with Crippen LogP contribution in [0.4, 0.5) is 17.1 Å². The van der Waals surface area contributed by atoms with Crippen molar-refractivity contribution >= 4 is 104 Å². The monoisotopic (exact) mass is 1160 g/mol.